The average Bonchev–Trinajstić information content (AvgIpc) is 2.80. The number of hydrogen-bond donors (Lipinski definition) is 2. The molecule has 20 heavy (non-hydrogen) atoms. The maximum Gasteiger partial charge on any atom is 0.156 e. The molecule has 0 atom stereocenters. The first-order chi connectivity index (χ1) is 9.63. The van der Waals surface area contributed by atoms with Crippen LogP contribution in [-0.4, -0.2) is 10.2 Å². The highest BCUT2D eigenvalue weighted by Gasteiger charge is 2.07. The second-order valence-corrected chi connectivity index (χ2v) is 5.70. The van der Waals surface area contributed by atoms with Crippen LogP contribution in [0, 0.1) is 5.82 Å². The van der Waals surface area contributed by atoms with Crippen molar-refractivity contribution in [1.82, 2.24) is 10.2 Å². The minimum Gasteiger partial charge on any atom is -0.364 e. The highest BCUT2D eigenvalue weighted by atomic mass is 79.9. The van der Waals surface area contributed by atoms with Gasteiger partial charge in [-0.1, -0.05) is 33.6 Å². The van der Waals surface area contributed by atoms with E-state index in [0.29, 0.717) is 22.9 Å². The Morgan fingerprint density at radius 2 is 2.10 bits per heavy atom. The Kier molecular flexibility index (Phi) is 3.63. The van der Waals surface area contributed by atoms with Crippen LogP contribution in [0.3, 0.4) is 0 Å². The van der Waals surface area contributed by atoms with Crippen molar-refractivity contribution in [3.63, 3.8) is 0 Å². The van der Waals surface area contributed by atoms with Gasteiger partial charge in [0.15, 0.2) is 5.82 Å². The summed E-state index contributed by atoms with van der Waals surface area (Å²) in [6, 6.07) is 10.4. The van der Waals surface area contributed by atoms with Crippen LogP contribution < -0.4 is 5.32 Å². The van der Waals surface area contributed by atoms with E-state index in [1.165, 1.54) is 6.07 Å². The first kappa shape index (κ1) is 13.4. The lowest BCUT2D eigenvalue weighted by Crippen LogP contribution is -2.02. The Balaban J connectivity index is 1.85. The van der Waals surface area contributed by atoms with Gasteiger partial charge in [0, 0.05) is 27.0 Å². The number of benzene rings is 2. The molecular weight excluding hydrogens is 345 g/mol. The van der Waals surface area contributed by atoms with Crippen molar-refractivity contribution in [2.45, 2.75) is 6.54 Å². The topological polar surface area (TPSA) is 40.7 Å². The summed E-state index contributed by atoms with van der Waals surface area (Å²) in [6.45, 7) is 0.353. The van der Waals surface area contributed by atoms with Crippen LogP contribution in [0.25, 0.3) is 10.9 Å². The fourth-order valence-corrected chi connectivity index (χ4v) is 2.47. The van der Waals surface area contributed by atoms with Gasteiger partial charge in [-0.05, 0) is 30.3 Å². The number of hydrogen-bond acceptors (Lipinski definition) is 2. The molecule has 0 aliphatic heterocycles. The molecule has 1 aromatic heterocycles. The summed E-state index contributed by atoms with van der Waals surface area (Å²) < 4.78 is 14.5. The molecule has 2 aromatic carbocycles. The van der Waals surface area contributed by atoms with Crippen molar-refractivity contribution in [1.29, 1.82) is 0 Å². The van der Waals surface area contributed by atoms with E-state index in [4.69, 9.17) is 11.6 Å². The summed E-state index contributed by atoms with van der Waals surface area (Å²) in [5.74, 6) is 0.398. The molecule has 3 aromatic rings. The molecule has 0 aliphatic rings. The maximum absolute atomic E-state index is 13.7. The summed E-state index contributed by atoms with van der Waals surface area (Å²) >= 11 is 9.21. The zero-order valence-corrected chi connectivity index (χ0v) is 12.6. The Morgan fingerprint density at radius 1 is 1.25 bits per heavy atom. The Morgan fingerprint density at radius 3 is 2.90 bits per heavy atom. The van der Waals surface area contributed by atoms with Gasteiger partial charge in [0.1, 0.15) is 5.82 Å². The van der Waals surface area contributed by atoms with E-state index in [2.05, 4.69) is 31.4 Å². The zero-order valence-electron chi connectivity index (χ0n) is 10.3. The fourth-order valence-electron chi connectivity index (χ4n) is 1.96. The molecule has 102 valence electrons. The van der Waals surface area contributed by atoms with Crippen molar-refractivity contribution in [2.24, 2.45) is 0 Å². The summed E-state index contributed by atoms with van der Waals surface area (Å²) in [5.41, 5.74) is 1.46. The normalized spacial score (nSPS) is 10.9. The average molecular weight is 355 g/mol. The van der Waals surface area contributed by atoms with Crippen LogP contribution in [0.1, 0.15) is 5.56 Å². The van der Waals surface area contributed by atoms with Gasteiger partial charge in [-0.2, -0.15) is 5.10 Å². The number of anilines is 1. The highest BCUT2D eigenvalue weighted by molar-refractivity contribution is 9.10. The third-order valence-corrected chi connectivity index (χ3v) is 3.71. The molecule has 3 rings (SSSR count). The second-order valence-electron chi connectivity index (χ2n) is 4.35. The summed E-state index contributed by atoms with van der Waals surface area (Å²) in [6.07, 6.45) is 0. The molecule has 3 nitrogen and oxygen atoms in total. The van der Waals surface area contributed by atoms with Gasteiger partial charge in [0.2, 0.25) is 0 Å². The van der Waals surface area contributed by atoms with E-state index >= 15 is 0 Å². The Bertz CT molecular complexity index is 772. The molecular formula is C14H10BrClFN3. The van der Waals surface area contributed by atoms with E-state index in [0.717, 1.165) is 15.4 Å². The number of halogens is 3. The van der Waals surface area contributed by atoms with Gasteiger partial charge in [0.25, 0.3) is 0 Å². The Hall–Kier alpha value is -1.59. The highest BCUT2D eigenvalue weighted by Crippen LogP contribution is 2.24. The van der Waals surface area contributed by atoms with Crippen molar-refractivity contribution >= 4 is 44.3 Å². The van der Waals surface area contributed by atoms with Crippen LogP contribution in [-0.2, 0) is 6.54 Å². The van der Waals surface area contributed by atoms with Crippen molar-refractivity contribution in [3.05, 3.63) is 57.3 Å². The standard InChI is InChI=1S/C14H10BrClFN3/c15-9-2-1-8(12(17)5-9)7-18-14-11-6-10(16)3-4-13(11)19-20-14/h1-6H,7H2,(H2,18,19,20). The van der Waals surface area contributed by atoms with Gasteiger partial charge in [-0.15, -0.1) is 0 Å². The van der Waals surface area contributed by atoms with Crippen LogP contribution in [0.4, 0.5) is 10.2 Å². The molecule has 6 heteroatoms. The summed E-state index contributed by atoms with van der Waals surface area (Å²) in [5, 5.41) is 11.7. The fraction of sp³-hybridized carbons (Fsp3) is 0.0714. The molecule has 0 bridgehead atoms. The SMILES string of the molecule is Fc1cc(Br)ccc1CNc1n[nH]c2ccc(Cl)cc12. The van der Waals surface area contributed by atoms with Crippen molar-refractivity contribution in [2.75, 3.05) is 5.32 Å². The number of H-pyrrole nitrogens is 1. The van der Waals surface area contributed by atoms with Crippen LogP contribution in [0.5, 0.6) is 0 Å². The monoisotopic (exact) mass is 353 g/mol. The third-order valence-electron chi connectivity index (χ3n) is 2.99. The second kappa shape index (κ2) is 5.42. The molecule has 0 radical (unpaired) electrons. The zero-order chi connectivity index (χ0) is 14.1. The minimum absolute atomic E-state index is 0.259. The van der Waals surface area contributed by atoms with Gasteiger partial charge in [-0.3, -0.25) is 5.10 Å². The van der Waals surface area contributed by atoms with Crippen molar-refractivity contribution < 1.29 is 4.39 Å². The van der Waals surface area contributed by atoms with Crippen LogP contribution >= 0.6 is 27.5 Å². The lowest BCUT2D eigenvalue weighted by molar-refractivity contribution is 0.612. The summed E-state index contributed by atoms with van der Waals surface area (Å²) in [4.78, 5) is 0. The van der Waals surface area contributed by atoms with Gasteiger partial charge < -0.3 is 5.32 Å². The largest absolute Gasteiger partial charge is 0.364 e. The first-order valence-corrected chi connectivity index (χ1v) is 7.12. The van der Waals surface area contributed by atoms with E-state index in [-0.39, 0.29) is 5.82 Å². The number of nitrogens with one attached hydrogen (secondary N) is 2. The maximum atomic E-state index is 13.7. The minimum atomic E-state index is -0.259. The molecule has 0 saturated heterocycles. The van der Waals surface area contributed by atoms with E-state index in [1.807, 2.05) is 12.1 Å². The molecule has 0 spiro atoms. The number of fused-ring (bicyclic) bond motifs is 1. The number of aromatic nitrogens is 2. The lowest BCUT2D eigenvalue weighted by atomic mass is 10.2. The molecule has 0 unspecified atom stereocenters. The third kappa shape index (κ3) is 2.64. The van der Waals surface area contributed by atoms with Gasteiger partial charge >= 0.3 is 0 Å². The van der Waals surface area contributed by atoms with E-state index < -0.39 is 0 Å². The van der Waals surface area contributed by atoms with E-state index in [9.17, 15) is 4.39 Å². The van der Waals surface area contributed by atoms with Gasteiger partial charge in [0.05, 0.1) is 5.52 Å². The Labute approximate surface area is 128 Å². The number of rotatable bonds is 3. The number of aromatic amines is 1. The van der Waals surface area contributed by atoms with Crippen molar-refractivity contribution in [3.8, 4) is 0 Å². The first-order valence-electron chi connectivity index (χ1n) is 5.95. The lowest BCUT2D eigenvalue weighted by Gasteiger charge is -2.05. The molecule has 0 saturated carbocycles. The van der Waals surface area contributed by atoms with Crippen LogP contribution in [0.15, 0.2) is 40.9 Å². The molecule has 1 heterocycles. The molecule has 0 aliphatic carbocycles. The molecule has 2 N–H and O–H groups in total. The predicted octanol–water partition coefficient (Wildman–Crippen LogP) is 4.73. The van der Waals surface area contributed by atoms with E-state index in [1.54, 1.807) is 18.2 Å². The predicted molar refractivity (Wildman–Crippen MR) is 82.5 cm³/mol. The van der Waals surface area contributed by atoms with Crippen LogP contribution in [0.2, 0.25) is 5.02 Å². The summed E-state index contributed by atoms with van der Waals surface area (Å²) in [7, 11) is 0. The van der Waals surface area contributed by atoms with Gasteiger partial charge in [-0.25, -0.2) is 4.39 Å². The smallest absolute Gasteiger partial charge is 0.156 e. The number of nitrogens with zero attached hydrogens (tertiary/aromatic N) is 1. The molecule has 0 amide bonds. The quantitative estimate of drug-likeness (QED) is 0.714. The molecule has 0 fully saturated rings.